The zero-order valence-electron chi connectivity index (χ0n) is 14.5. The molecule has 0 unspecified atom stereocenters. The molecule has 1 aliphatic heterocycles. The Morgan fingerprint density at radius 3 is 2.71 bits per heavy atom. The first kappa shape index (κ1) is 18.4. The predicted molar refractivity (Wildman–Crippen MR) is 93.0 cm³/mol. The average Bonchev–Trinajstić information content (AvgIpc) is 2.62. The number of methoxy groups -OCH3 is 1. The number of amides is 2. The van der Waals surface area contributed by atoms with Gasteiger partial charge in [-0.1, -0.05) is 12.1 Å². The highest BCUT2D eigenvalue weighted by molar-refractivity contribution is 5.94. The van der Waals surface area contributed by atoms with E-state index >= 15 is 0 Å². The quantitative estimate of drug-likeness (QED) is 0.687. The first-order chi connectivity index (χ1) is 11.6. The third-order valence-electron chi connectivity index (χ3n) is 4.58. The molecule has 2 rings (SSSR count). The van der Waals surface area contributed by atoms with E-state index in [2.05, 4.69) is 16.0 Å². The molecule has 1 aromatic carbocycles. The summed E-state index contributed by atoms with van der Waals surface area (Å²) in [5, 5.41) is 8.94. The molecule has 1 aliphatic rings. The molecule has 0 aromatic heterocycles. The lowest BCUT2D eigenvalue weighted by Crippen LogP contribution is -2.50. The van der Waals surface area contributed by atoms with Gasteiger partial charge in [-0.2, -0.15) is 0 Å². The largest absolute Gasteiger partial charge is 0.384 e. The van der Waals surface area contributed by atoms with Crippen molar-refractivity contribution in [2.75, 3.05) is 40.4 Å². The number of rotatable bonds is 7. The Labute approximate surface area is 143 Å². The molecule has 1 aromatic rings. The fourth-order valence-electron chi connectivity index (χ4n) is 3.14. The fraction of sp³-hybridized carbons (Fsp3) is 0.556. The van der Waals surface area contributed by atoms with Crippen molar-refractivity contribution in [2.45, 2.75) is 19.3 Å². The summed E-state index contributed by atoms with van der Waals surface area (Å²) in [4.78, 5) is 24.3. The van der Waals surface area contributed by atoms with Gasteiger partial charge in [0.15, 0.2) is 0 Å². The van der Waals surface area contributed by atoms with Crippen molar-refractivity contribution in [2.24, 2.45) is 5.41 Å². The summed E-state index contributed by atoms with van der Waals surface area (Å²) in [6.07, 6.45) is 2.27. The standard InChI is InChI=1S/C18H27N3O3/c1-19-16(22)15-5-3-4-14(12-15)6-9-21-17(23)18(13-24-2)7-10-20-11-8-18/h3-5,12,20H,6-11,13H2,1-2H3,(H,19,22)(H,21,23). The van der Waals surface area contributed by atoms with Gasteiger partial charge >= 0.3 is 0 Å². The number of piperidine rings is 1. The zero-order valence-corrected chi connectivity index (χ0v) is 14.5. The molecule has 1 heterocycles. The van der Waals surface area contributed by atoms with E-state index in [0.29, 0.717) is 25.1 Å². The smallest absolute Gasteiger partial charge is 0.251 e. The molecule has 132 valence electrons. The normalized spacial score (nSPS) is 16.4. The number of hydrogen-bond acceptors (Lipinski definition) is 4. The van der Waals surface area contributed by atoms with E-state index in [0.717, 1.165) is 31.5 Å². The van der Waals surface area contributed by atoms with Crippen LogP contribution < -0.4 is 16.0 Å². The van der Waals surface area contributed by atoms with Crippen molar-refractivity contribution in [1.82, 2.24) is 16.0 Å². The van der Waals surface area contributed by atoms with Crippen LogP contribution in [0.1, 0.15) is 28.8 Å². The molecule has 24 heavy (non-hydrogen) atoms. The maximum absolute atomic E-state index is 12.6. The van der Waals surface area contributed by atoms with E-state index in [1.165, 1.54) is 0 Å². The molecule has 1 saturated heterocycles. The molecule has 1 fully saturated rings. The van der Waals surface area contributed by atoms with Crippen LogP contribution in [-0.2, 0) is 16.0 Å². The van der Waals surface area contributed by atoms with Crippen molar-refractivity contribution in [1.29, 1.82) is 0 Å². The van der Waals surface area contributed by atoms with Crippen molar-refractivity contribution in [3.63, 3.8) is 0 Å². The molecule has 0 spiro atoms. The number of ether oxygens (including phenoxy) is 1. The summed E-state index contributed by atoms with van der Waals surface area (Å²) in [6, 6.07) is 7.47. The summed E-state index contributed by atoms with van der Waals surface area (Å²) in [5.74, 6) is -0.0389. The maximum atomic E-state index is 12.6. The van der Waals surface area contributed by atoms with Crippen molar-refractivity contribution >= 4 is 11.8 Å². The number of carbonyl (C=O) groups is 2. The predicted octanol–water partition coefficient (Wildman–Crippen LogP) is 0.721. The number of carbonyl (C=O) groups excluding carboxylic acids is 2. The van der Waals surface area contributed by atoms with Crippen LogP contribution in [0.4, 0.5) is 0 Å². The van der Waals surface area contributed by atoms with Gasteiger partial charge < -0.3 is 20.7 Å². The van der Waals surface area contributed by atoms with Crippen molar-refractivity contribution < 1.29 is 14.3 Å². The summed E-state index contributed by atoms with van der Waals surface area (Å²) in [6.45, 7) is 2.68. The average molecular weight is 333 g/mol. The molecule has 2 amide bonds. The third kappa shape index (κ3) is 4.55. The molecule has 6 heteroatoms. The second kappa shape index (κ2) is 8.80. The van der Waals surface area contributed by atoms with Gasteiger partial charge in [0.2, 0.25) is 5.91 Å². The first-order valence-electron chi connectivity index (χ1n) is 8.40. The van der Waals surface area contributed by atoms with Gasteiger partial charge in [-0.25, -0.2) is 0 Å². The van der Waals surface area contributed by atoms with E-state index in [4.69, 9.17) is 4.74 Å². The third-order valence-corrected chi connectivity index (χ3v) is 4.58. The summed E-state index contributed by atoms with van der Waals surface area (Å²) in [5.41, 5.74) is 1.24. The Hall–Kier alpha value is -1.92. The van der Waals surface area contributed by atoms with Crippen LogP contribution in [0, 0.1) is 5.41 Å². The van der Waals surface area contributed by atoms with Gasteiger partial charge in [-0.05, 0) is 50.0 Å². The highest BCUT2D eigenvalue weighted by Gasteiger charge is 2.39. The number of hydrogen-bond donors (Lipinski definition) is 3. The molecule has 3 N–H and O–H groups in total. The van der Waals surface area contributed by atoms with Crippen LogP contribution in [-0.4, -0.2) is 52.2 Å². The van der Waals surface area contributed by atoms with Gasteiger partial charge in [-0.15, -0.1) is 0 Å². The summed E-state index contributed by atoms with van der Waals surface area (Å²) in [7, 11) is 3.25. The van der Waals surface area contributed by atoms with Crippen LogP contribution in [0.2, 0.25) is 0 Å². The van der Waals surface area contributed by atoms with Crippen LogP contribution in [0.25, 0.3) is 0 Å². The van der Waals surface area contributed by atoms with E-state index < -0.39 is 5.41 Å². The van der Waals surface area contributed by atoms with Gasteiger partial charge in [0, 0.05) is 26.3 Å². The second-order valence-electron chi connectivity index (χ2n) is 6.25. The second-order valence-corrected chi connectivity index (χ2v) is 6.25. The Morgan fingerprint density at radius 1 is 1.29 bits per heavy atom. The summed E-state index contributed by atoms with van der Waals surface area (Å²) < 4.78 is 5.29. The van der Waals surface area contributed by atoms with Gasteiger partial charge in [0.1, 0.15) is 0 Å². The lowest BCUT2D eigenvalue weighted by Gasteiger charge is -2.35. The van der Waals surface area contributed by atoms with Crippen LogP contribution >= 0.6 is 0 Å². The minimum Gasteiger partial charge on any atom is -0.384 e. The van der Waals surface area contributed by atoms with Gasteiger partial charge in [0.05, 0.1) is 12.0 Å². The van der Waals surface area contributed by atoms with E-state index in [1.54, 1.807) is 20.2 Å². The SMILES string of the molecule is CNC(=O)c1cccc(CCNC(=O)C2(COC)CCNCC2)c1. The van der Waals surface area contributed by atoms with E-state index in [1.807, 2.05) is 18.2 Å². The zero-order chi connectivity index (χ0) is 17.4. The Morgan fingerprint density at radius 2 is 2.04 bits per heavy atom. The van der Waals surface area contributed by atoms with Gasteiger partial charge in [-0.3, -0.25) is 9.59 Å². The lowest BCUT2D eigenvalue weighted by atomic mass is 9.78. The topological polar surface area (TPSA) is 79.5 Å². The first-order valence-corrected chi connectivity index (χ1v) is 8.40. The van der Waals surface area contributed by atoms with Crippen LogP contribution in [0.15, 0.2) is 24.3 Å². The Bertz CT molecular complexity index is 563. The molecule has 0 atom stereocenters. The molecular formula is C18H27N3O3. The molecule has 0 radical (unpaired) electrons. The molecule has 0 aliphatic carbocycles. The monoisotopic (exact) mass is 333 g/mol. The highest BCUT2D eigenvalue weighted by Crippen LogP contribution is 2.29. The molecule has 0 saturated carbocycles. The van der Waals surface area contributed by atoms with Crippen molar-refractivity contribution in [3.05, 3.63) is 35.4 Å². The van der Waals surface area contributed by atoms with Crippen molar-refractivity contribution in [3.8, 4) is 0 Å². The lowest BCUT2D eigenvalue weighted by molar-refractivity contribution is -0.136. The molecule has 0 bridgehead atoms. The van der Waals surface area contributed by atoms with Crippen LogP contribution in [0.5, 0.6) is 0 Å². The Balaban J connectivity index is 1.90. The van der Waals surface area contributed by atoms with E-state index in [-0.39, 0.29) is 11.8 Å². The maximum Gasteiger partial charge on any atom is 0.251 e. The fourth-order valence-corrected chi connectivity index (χ4v) is 3.14. The minimum atomic E-state index is -0.427. The van der Waals surface area contributed by atoms with Crippen LogP contribution in [0.3, 0.4) is 0 Å². The molecule has 6 nitrogen and oxygen atoms in total. The number of nitrogens with one attached hydrogen (secondary N) is 3. The minimum absolute atomic E-state index is 0.0632. The van der Waals surface area contributed by atoms with Gasteiger partial charge in [0.25, 0.3) is 5.91 Å². The Kier molecular flexibility index (Phi) is 6.75. The number of benzene rings is 1. The summed E-state index contributed by atoms with van der Waals surface area (Å²) >= 11 is 0. The van der Waals surface area contributed by atoms with E-state index in [9.17, 15) is 9.59 Å². The highest BCUT2D eigenvalue weighted by atomic mass is 16.5. The molecular weight excluding hydrogens is 306 g/mol.